The van der Waals surface area contributed by atoms with Gasteiger partial charge in [-0.1, -0.05) is 0 Å². The Morgan fingerprint density at radius 1 is 1.31 bits per heavy atom. The average Bonchev–Trinajstić information content (AvgIpc) is 2.55. The fourth-order valence-corrected chi connectivity index (χ4v) is 1.98. The zero-order valence-electron chi connectivity index (χ0n) is 10.5. The summed E-state index contributed by atoms with van der Waals surface area (Å²) in [5.74, 6) is 0. The SMILES string of the molecule is COCCCCCn1c(C)cc(C=O)c1C. The molecule has 0 N–H and O–H groups in total. The summed E-state index contributed by atoms with van der Waals surface area (Å²) in [6.45, 7) is 5.89. The van der Waals surface area contributed by atoms with Crippen LogP contribution in [-0.4, -0.2) is 24.6 Å². The Labute approximate surface area is 97.4 Å². The summed E-state index contributed by atoms with van der Waals surface area (Å²) in [6, 6.07) is 1.96. The summed E-state index contributed by atoms with van der Waals surface area (Å²) in [5, 5.41) is 0. The summed E-state index contributed by atoms with van der Waals surface area (Å²) in [5.41, 5.74) is 3.07. The van der Waals surface area contributed by atoms with Gasteiger partial charge in [0.25, 0.3) is 0 Å². The standard InChI is InChI=1S/C13H21NO2/c1-11-9-13(10-15)12(2)14(11)7-5-4-6-8-16-3/h9-10H,4-8H2,1-3H3. The lowest BCUT2D eigenvalue weighted by Gasteiger charge is -2.09. The number of ether oxygens (including phenoxy) is 1. The fraction of sp³-hybridized carbons (Fsp3) is 0.615. The molecule has 3 nitrogen and oxygen atoms in total. The molecule has 0 aliphatic rings. The zero-order valence-corrected chi connectivity index (χ0v) is 10.5. The molecular weight excluding hydrogens is 202 g/mol. The first-order chi connectivity index (χ1) is 7.70. The summed E-state index contributed by atoms with van der Waals surface area (Å²) in [7, 11) is 1.73. The molecule has 0 aliphatic carbocycles. The van der Waals surface area contributed by atoms with Crippen molar-refractivity contribution in [1.29, 1.82) is 0 Å². The number of aromatic nitrogens is 1. The first-order valence-corrected chi connectivity index (χ1v) is 5.81. The van der Waals surface area contributed by atoms with Crippen molar-refractivity contribution in [1.82, 2.24) is 4.57 Å². The van der Waals surface area contributed by atoms with Crippen molar-refractivity contribution in [2.45, 2.75) is 39.7 Å². The molecule has 0 unspecified atom stereocenters. The van der Waals surface area contributed by atoms with Gasteiger partial charge in [0.15, 0.2) is 6.29 Å². The summed E-state index contributed by atoms with van der Waals surface area (Å²) < 4.78 is 7.23. The van der Waals surface area contributed by atoms with Crippen molar-refractivity contribution in [2.24, 2.45) is 0 Å². The van der Waals surface area contributed by atoms with Crippen LogP contribution >= 0.6 is 0 Å². The van der Waals surface area contributed by atoms with Crippen molar-refractivity contribution < 1.29 is 9.53 Å². The van der Waals surface area contributed by atoms with Crippen molar-refractivity contribution in [3.05, 3.63) is 23.0 Å². The van der Waals surface area contributed by atoms with Crippen molar-refractivity contribution in [3.63, 3.8) is 0 Å². The molecule has 3 heteroatoms. The lowest BCUT2D eigenvalue weighted by atomic mass is 10.2. The second-order valence-corrected chi connectivity index (χ2v) is 4.15. The van der Waals surface area contributed by atoms with E-state index < -0.39 is 0 Å². The van der Waals surface area contributed by atoms with Crippen molar-refractivity contribution >= 4 is 6.29 Å². The topological polar surface area (TPSA) is 31.2 Å². The van der Waals surface area contributed by atoms with Crippen LogP contribution in [0.4, 0.5) is 0 Å². The molecule has 0 bridgehead atoms. The number of hydrogen-bond acceptors (Lipinski definition) is 2. The molecule has 0 saturated heterocycles. The van der Waals surface area contributed by atoms with Crippen LogP contribution in [-0.2, 0) is 11.3 Å². The molecule has 0 aromatic carbocycles. The van der Waals surface area contributed by atoms with E-state index in [9.17, 15) is 4.79 Å². The van der Waals surface area contributed by atoms with E-state index in [0.717, 1.165) is 43.5 Å². The largest absolute Gasteiger partial charge is 0.385 e. The molecule has 16 heavy (non-hydrogen) atoms. The van der Waals surface area contributed by atoms with Gasteiger partial charge < -0.3 is 9.30 Å². The van der Waals surface area contributed by atoms with Gasteiger partial charge in [-0.3, -0.25) is 4.79 Å². The predicted molar refractivity (Wildman–Crippen MR) is 65.0 cm³/mol. The van der Waals surface area contributed by atoms with Gasteiger partial charge in [0.2, 0.25) is 0 Å². The van der Waals surface area contributed by atoms with Gasteiger partial charge >= 0.3 is 0 Å². The normalized spacial score (nSPS) is 10.7. The number of aldehydes is 1. The Kier molecular flexibility index (Phi) is 5.26. The molecular formula is C13H21NO2. The van der Waals surface area contributed by atoms with E-state index in [1.54, 1.807) is 7.11 Å². The molecule has 0 saturated carbocycles. The maximum absolute atomic E-state index is 10.8. The third-order valence-electron chi connectivity index (χ3n) is 2.97. The molecule has 0 fully saturated rings. The van der Waals surface area contributed by atoms with Crippen LogP contribution in [0.3, 0.4) is 0 Å². The van der Waals surface area contributed by atoms with E-state index in [2.05, 4.69) is 11.5 Å². The van der Waals surface area contributed by atoms with Crippen molar-refractivity contribution in [2.75, 3.05) is 13.7 Å². The van der Waals surface area contributed by atoms with Gasteiger partial charge in [-0.05, 0) is 39.2 Å². The van der Waals surface area contributed by atoms with Gasteiger partial charge in [0.05, 0.1) is 0 Å². The highest BCUT2D eigenvalue weighted by Crippen LogP contribution is 2.14. The van der Waals surface area contributed by atoms with Crippen LogP contribution in [0.25, 0.3) is 0 Å². The van der Waals surface area contributed by atoms with E-state index in [1.807, 2.05) is 13.0 Å². The van der Waals surface area contributed by atoms with Crippen LogP contribution in [0.2, 0.25) is 0 Å². The van der Waals surface area contributed by atoms with E-state index in [1.165, 1.54) is 12.1 Å². The third-order valence-corrected chi connectivity index (χ3v) is 2.97. The van der Waals surface area contributed by atoms with E-state index >= 15 is 0 Å². The lowest BCUT2D eigenvalue weighted by molar-refractivity contribution is 0.112. The van der Waals surface area contributed by atoms with Gasteiger partial charge in [0, 0.05) is 37.2 Å². The van der Waals surface area contributed by atoms with Crippen LogP contribution in [0, 0.1) is 13.8 Å². The number of unbranched alkanes of at least 4 members (excludes halogenated alkanes) is 2. The molecule has 0 aliphatic heterocycles. The Morgan fingerprint density at radius 2 is 2.06 bits per heavy atom. The quantitative estimate of drug-likeness (QED) is 0.525. The maximum atomic E-state index is 10.8. The maximum Gasteiger partial charge on any atom is 0.151 e. The molecule has 0 amide bonds. The van der Waals surface area contributed by atoms with Gasteiger partial charge in [-0.2, -0.15) is 0 Å². The van der Waals surface area contributed by atoms with Crippen LogP contribution in [0.5, 0.6) is 0 Å². The fourth-order valence-electron chi connectivity index (χ4n) is 1.98. The number of aryl methyl sites for hydroxylation is 1. The molecule has 0 spiro atoms. The van der Waals surface area contributed by atoms with Crippen LogP contribution < -0.4 is 0 Å². The molecule has 1 aromatic heterocycles. The number of methoxy groups -OCH3 is 1. The minimum atomic E-state index is 0.814. The first kappa shape index (κ1) is 13.0. The number of hydrogen-bond donors (Lipinski definition) is 0. The Balaban J connectivity index is 2.47. The Bertz CT molecular complexity index is 342. The van der Waals surface area contributed by atoms with Gasteiger partial charge in [-0.25, -0.2) is 0 Å². The molecule has 1 aromatic rings. The van der Waals surface area contributed by atoms with E-state index in [4.69, 9.17) is 4.74 Å². The van der Waals surface area contributed by atoms with Gasteiger partial charge in [0.1, 0.15) is 0 Å². The highest BCUT2D eigenvalue weighted by molar-refractivity contribution is 5.77. The second-order valence-electron chi connectivity index (χ2n) is 4.15. The smallest absolute Gasteiger partial charge is 0.151 e. The molecule has 0 atom stereocenters. The van der Waals surface area contributed by atoms with E-state index in [-0.39, 0.29) is 0 Å². The summed E-state index contributed by atoms with van der Waals surface area (Å²) in [6.07, 6.45) is 4.35. The van der Waals surface area contributed by atoms with Crippen LogP contribution in [0.15, 0.2) is 6.07 Å². The zero-order chi connectivity index (χ0) is 12.0. The minimum absolute atomic E-state index is 0.814. The molecule has 1 heterocycles. The second kappa shape index (κ2) is 6.48. The number of rotatable bonds is 7. The first-order valence-electron chi connectivity index (χ1n) is 5.81. The number of carbonyl (C=O) groups excluding carboxylic acids is 1. The molecule has 90 valence electrons. The Hall–Kier alpha value is -1.09. The van der Waals surface area contributed by atoms with Crippen LogP contribution in [0.1, 0.15) is 41.0 Å². The van der Waals surface area contributed by atoms with Gasteiger partial charge in [-0.15, -0.1) is 0 Å². The lowest BCUT2D eigenvalue weighted by Crippen LogP contribution is -2.03. The summed E-state index contributed by atoms with van der Waals surface area (Å²) >= 11 is 0. The predicted octanol–water partition coefficient (Wildman–Crippen LogP) is 2.73. The minimum Gasteiger partial charge on any atom is -0.385 e. The summed E-state index contributed by atoms with van der Waals surface area (Å²) in [4.78, 5) is 10.8. The Morgan fingerprint density at radius 3 is 2.62 bits per heavy atom. The number of carbonyl (C=O) groups is 1. The van der Waals surface area contributed by atoms with Crippen molar-refractivity contribution in [3.8, 4) is 0 Å². The molecule has 0 radical (unpaired) electrons. The monoisotopic (exact) mass is 223 g/mol. The third kappa shape index (κ3) is 3.20. The van der Waals surface area contributed by atoms with E-state index in [0.29, 0.717) is 0 Å². The molecule has 1 rings (SSSR count). The highest BCUT2D eigenvalue weighted by Gasteiger charge is 2.07. The number of nitrogens with zero attached hydrogens (tertiary/aromatic N) is 1. The average molecular weight is 223 g/mol. The highest BCUT2D eigenvalue weighted by atomic mass is 16.5.